The molecule has 106 valence electrons. The maximum absolute atomic E-state index is 11.6. The van der Waals surface area contributed by atoms with E-state index >= 15 is 0 Å². The normalized spacial score (nSPS) is 13.8. The first-order valence-electron chi connectivity index (χ1n) is 6.64. The quantitative estimate of drug-likeness (QED) is 0.719. The molecule has 0 saturated heterocycles. The van der Waals surface area contributed by atoms with Gasteiger partial charge in [0.2, 0.25) is 5.91 Å². The number of hydrogen-bond donors (Lipinski definition) is 2. The molecule has 0 fully saturated rings. The van der Waals surface area contributed by atoms with E-state index in [1.165, 1.54) is 5.56 Å². The van der Waals surface area contributed by atoms with Gasteiger partial charge < -0.3 is 10.4 Å². The Balaban J connectivity index is 2.11. The van der Waals surface area contributed by atoms with E-state index in [4.69, 9.17) is 0 Å². The lowest BCUT2D eigenvalue weighted by molar-refractivity contribution is -0.119. The van der Waals surface area contributed by atoms with Crippen molar-refractivity contribution in [3.05, 3.63) is 35.9 Å². The Morgan fingerprint density at radius 2 is 2.05 bits per heavy atom. The fourth-order valence-corrected chi connectivity index (χ4v) is 2.28. The summed E-state index contributed by atoms with van der Waals surface area (Å²) in [5.74, 6) is 1.38. The van der Waals surface area contributed by atoms with Gasteiger partial charge in [0.1, 0.15) is 0 Å². The van der Waals surface area contributed by atoms with Crippen molar-refractivity contribution in [1.29, 1.82) is 0 Å². The van der Waals surface area contributed by atoms with Crippen LogP contribution in [0.1, 0.15) is 25.8 Å². The van der Waals surface area contributed by atoms with E-state index in [0.717, 1.165) is 12.2 Å². The van der Waals surface area contributed by atoms with Crippen LogP contribution in [0.5, 0.6) is 0 Å². The highest BCUT2D eigenvalue weighted by molar-refractivity contribution is 7.99. The minimum Gasteiger partial charge on any atom is -0.388 e. The molecule has 2 N–H and O–H groups in total. The molecule has 0 spiro atoms. The molecule has 4 heteroatoms. The Morgan fingerprint density at radius 3 is 2.68 bits per heavy atom. The number of aryl methyl sites for hydroxylation is 1. The first-order chi connectivity index (χ1) is 9.03. The summed E-state index contributed by atoms with van der Waals surface area (Å²) in [6, 6.07) is 10.3. The van der Waals surface area contributed by atoms with Crippen LogP contribution in [0.2, 0.25) is 0 Å². The molecule has 0 aromatic heterocycles. The van der Waals surface area contributed by atoms with Crippen LogP contribution in [-0.4, -0.2) is 34.7 Å². The van der Waals surface area contributed by atoms with Gasteiger partial charge in [0.25, 0.3) is 0 Å². The number of carbonyl (C=O) groups excluding carboxylic acids is 1. The highest BCUT2D eigenvalue weighted by Crippen LogP contribution is 2.08. The summed E-state index contributed by atoms with van der Waals surface area (Å²) in [5, 5.41) is 12.5. The second-order valence-electron chi connectivity index (χ2n) is 4.92. The van der Waals surface area contributed by atoms with Crippen LogP contribution in [0, 0.1) is 0 Å². The van der Waals surface area contributed by atoms with Gasteiger partial charge in [-0.05, 0) is 31.1 Å². The third-order valence-corrected chi connectivity index (χ3v) is 4.00. The van der Waals surface area contributed by atoms with E-state index in [0.29, 0.717) is 18.7 Å². The Hall–Kier alpha value is -1.00. The van der Waals surface area contributed by atoms with Crippen molar-refractivity contribution in [3.63, 3.8) is 0 Å². The lowest BCUT2D eigenvalue weighted by atomic mass is 10.0. The van der Waals surface area contributed by atoms with Crippen molar-refractivity contribution < 1.29 is 9.90 Å². The van der Waals surface area contributed by atoms with Crippen molar-refractivity contribution in [2.24, 2.45) is 0 Å². The van der Waals surface area contributed by atoms with Gasteiger partial charge in [0, 0.05) is 6.54 Å². The van der Waals surface area contributed by atoms with Crippen molar-refractivity contribution in [3.8, 4) is 0 Å². The Labute approximate surface area is 119 Å². The first kappa shape index (κ1) is 16.1. The second-order valence-corrected chi connectivity index (χ2v) is 6.02. The molecule has 1 amide bonds. The molecule has 0 aliphatic rings. The molecular formula is C15H23NO2S. The summed E-state index contributed by atoms with van der Waals surface area (Å²) in [6.07, 6.45) is 1.61. The van der Waals surface area contributed by atoms with E-state index in [9.17, 15) is 9.90 Å². The van der Waals surface area contributed by atoms with E-state index in [-0.39, 0.29) is 5.91 Å². The highest BCUT2D eigenvalue weighted by atomic mass is 32.2. The SMILES string of the molecule is CCC(C)(O)CNC(=O)CSCCc1ccccc1. The summed E-state index contributed by atoms with van der Waals surface area (Å²) in [6.45, 7) is 3.96. The van der Waals surface area contributed by atoms with E-state index in [2.05, 4.69) is 17.4 Å². The minimum absolute atomic E-state index is 0.00760. The van der Waals surface area contributed by atoms with Gasteiger partial charge in [-0.1, -0.05) is 37.3 Å². The first-order valence-corrected chi connectivity index (χ1v) is 7.80. The highest BCUT2D eigenvalue weighted by Gasteiger charge is 2.17. The van der Waals surface area contributed by atoms with Crippen LogP contribution in [0.25, 0.3) is 0 Å². The molecule has 1 unspecified atom stereocenters. The van der Waals surface area contributed by atoms with Crippen LogP contribution in [0.3, 0.4) is 0 Å². The molecule has 0 aliphatic heterocycles. The van der Waals surface area contributed by atoms with Crippen molar-refractivity contribution in [2.75, 3.05) is 18.1 Å². The van der Waals surface area contributed by atoms with Crippen LogP contribution >= 0.6 is 11.8 Å². The molecule has 0 saturated carbocycles. The van der Waals surface area contributed by atoms with Crippen LogP contribution in [0.15, 0.2) is 30.3 Å². The second kappa shape index (κ2) is 8.23. The maximum Gasteiger partial charge on any atom is 0.230 e. The van der Waals surface area contributed by atoms with Crippen molar-refractivity contribution >= 4 is 17.7 Å². The third-order valence-electron chi connectivity index (χ3n) is 3.04. The number of hydrogen-bond acceptors (Lipinski definition) is 3. The predicted octanol–water partition coefficient (Wildman–Crippen LogP) is 2.24. The summed E-state index contributed by atoms with van der Waals surface area (Å²) in [7, 11) is 0. The van der Waals surface area contributed by atoms with E-state index < -0.39 is 5.60 Å². The third kappa shape index (κ3) is 7.23. The lowest BCUT2D eigenvalue weighted by Crippen LogP contribution is -2.40. The molecule has 0 heterocycles. The van der Waals surface area contributed by atoms with E-state index in [1.54, 1.807) is 18.7 Å². The summed E-state index contributed by atoms with van der Waals surface area (Å²) < 4.78 is 0. The monoisotopic (exact) mass is 281 g/mol. The zero-order valence-electron chi connectivity index (χ0n) is 11.7. The van der Waals surface area contributed by atoms with Gasteiger partial charge in [-0.3, -0.25) is 4.79 Å². The number of thioether (sulfide) groups is 1. The number of benzene rings is 1. The van der Waals surface area contributed by atoms with Crippen LogP contribution < -0.4 is 5.32 Å². The van der Waals surface area contributed by atoms with Gasteiger partial charge in [-0.2, -0.15) is 11.8 Å². The van der Waals surface area contributed by atoms with Gasteiger partial charge in [-0.25, -0.2) is 0 Å². The predicted molar refractivity (Wildman–Crippen MR) is 81.4 cm³/mol. The number of carbonyl (C=O) groups is 1. The van der Waals surface area contributed by atoms with Crippen molar-refractivity contribution in [2.45, 2.75) is 32.3 Å². The average molecular weight is 281 g/mol. The summed E-state index contributed by atoms with van der Waals surface area (Å²) in [4.78, 5) is 11.6. The molecule has 0 radical (unpaired) electrons. The van der Waals surface area contributed by atoms with Gasteiger partial charge >= 0.3 is 0 Å². The Bertz CT molecular complexity index is 379. The number of nitrogens with one attached hydrogen (secondary N) is 1. The van der Waals surface area contributed by atoms with Gasteiger partial charge in [0.15, 0.2) is 0 Å². The Kier molecular flexibility index (Phi) is 6.95. The van der Waals surface area contributed by atoms with E-state index in [1.807, 2.05) is 25.1 Å². The zero-order chi connectivity index (χ0) is 14.1. The molecule has 1 aromatic rings. The molecule has 19 heavy (non-hydrogen) atoms. The molecule has 1 aromatic carbocycles. The van der Waals surface area contributed by atoms with Crippen LogP contribution in [-0.2, 0) is 11.2 Å². The number of aliphatic hydroxyl groups is 1. The molecule has 1 atom stereocenters. The van der Waals surface area contributed by atoms with Gasteiger partial charge in [0.05, 0.1) is 11.4 Å². The molecule has 3 nitrogen and oxygen atoms in total. The largest absolute Gasteiger partial charge is 0.388 e. The molecular weight excluding hydrogens is 258 g/mol. The van der Waals surface area contributed by atoms with Crippen molar-refractivity contribution in [1.82, 2.24) is 5.32 Å². The number of amides is 1. The maximum atomic E-state index is 11.6. The summed E-state index contributed by atoms with van der Waals surface area (Å²) >= 11 is 1.62. The topological polar surface area (TPSA) is 49.3 Å². The average Bonchev–Trinajstić information content (AvgIpc) is 2.43. The Morgan fingerprint density at radius 1 is 1.37 bits per heavy atom. The fraction of sp³-hybridized carbons (Fsp3) is 0.533. The molecule has 0 aliphatic carbocycles. The van der Waals surface area contributed by atoms with Crippen LogP contribution in [0.4, 0.5) is 0 Å². The fourth-order valence-electron chi connectivity index (χ4n) is 1.46. The lowest BCUT2D eigenvalue weighted by Gasteiger charge is -2.21. The standard InChI is InChI=1S/C15H23NO2S/c1-3-15(2,18)12-16-14(17)11-19-10-9-13-7-5-4-6-8-13/h4-8,18H,3,9-12H2,1-2H3,(H,16,17). The molecule has 0 bridgehead atoms. The molecule has 1 rings (SSSR count). The van der Waals surface area contributed by atoms with Gasteiger partial charge in [-0.15, -0.1) is 0 Å². The number of rotatable bonds is 8. The smallest absolute Gasteiger partial charge is 0.230 e. The summed E-state index contributed by atoms with van der Waals surface area (Å²) in [5.41, 5.74) is 0.494. The zero-order valence-corrected chi connectivity index (χ0v) is 12.5. The minimum atomic E-state index is -0.801.